The van der Waals surface area contributed by atoms with E-state index in [9.17, 15) is 30.2 Å². The number of oxime groups is 1. The van der Waals surface area contributed by atoms with Crippen LogP contribution in [-0.2, 0) is 25.7 Å². The van der Waals surface area contributed by atoms with Gasteiger partial charge in [-0.05, 0) is 98.0 Å². The topological polar surface area (TPSA) is 192 Å². The number of nitrogens with zero attached hydrogens (tertiary/aromatic N) is 3. The van der Waals surface area contributed by atoms with Gasteiger partial charge < -0.3 is 43.8 Å². The Bertz CT molecular complexity index is 2050. The van der Waals surface area contributed by atoms with Crippen LogP contribution in [-0.4, -0.2) is 114 Å². The summed E-state index contributed by atoms with van der Waals surface area (Å²) in [4.78, 5) is 34.0. The molecule has 0 spiro atoms. The number of carbonyl (C=O) groups is 1. The van der Waals surface area contributed by atoms with Crippen LogP contribution in [0.5, 0.6) is 11.5 Å². The minimum absolute atomic E-state index is 0.00260. The summed E-state index contributed by atoms with van der Waals surface area (Å²) in [5, 5.41) is 45.6. The molecule has 0 saturated heterocycles. The molecule has 0 radical (unpaired) electrons. The van der Waals surface area contributed by atoms with Gasteiger partial charge >= 0.3 is 6.09 Å². The van der Waals surface area contributed by atoms with Crippen molar-refractivity contribution in [2.24, 2.45) is 22.9 Å². The van der Waals surface area contributed by atoms with Crippen LogP contribution in [0.3, 0.4) is 0 Å². The van der Waals surface area contributed by atoms with Gasteiger partial charge in [0.2, 0.25) is 5.79 Å². The third kappa shape index (κ3) is 12.5. The number of amides is 1. The molecule has 1 amide bonds. The van der Waals surface area contributed by atoms with Crippen molar-refractivity contribution in [1.29, 1.82) is 0 Å². The second kappa shape index (κ2) is 25.1. The first-order valence-corrected chi connectivity index (χ1v) is 23.6. The van der Waals surface area contributed by atoms with E-state index in [0.717, 1.165) is 47.5 Å². The molecule has 1 fully saturated rings. The maximum Gasteiger partial charge on any atom is 0.410 e. The number of aliphatic hydroxyl groups excluding tert-OH is 3. The SMILES string of the molecule is C=CCOC12Oc3ccc(OCCSc4ccccc4)cc3C3C(CCCCO)C(CCCCO)C=C(C(=NOCc4ccc([N+](=O)[O-])cc4)CC1N(CCOCCO)C(=O)OCC)C32. The third-order valence-electron chi connectivity index (χ3n) is 12.2. The molecule has 65 heavy (non-hydrogen) atoms. The summed E-state index contributed by atoms with van der Waals surface area (Å²) in [5.41, 5.74) is 2.99. The van der Waals surface area contributed by atoms with Crippen molar-refractivity contribution in [3.8, 4) is 11.5 Å². The number of nitro benzene ring substituents is 1. The number of thioether (sulfide) groups is 1. The predicted molar refractivity (Wildman–Crippen MR) is 247 cm³/mol. The largest absolute Gasteiger partial charge is 0.493 e. The first-order valence-electron chi connectivity index (χ1n) is 22.6. The fourth-order valence-electron chi connectivity index (χ4n) is 9.38. The van der Waals surface area contributed by atoms with Gasteiger partial charge in [-0.1, -0.05) is 48.3 Å². The summed E-state index contributed by atoms with van der Waals surface area (Å²) in [6.45, 7) is 6.58. The van der Waals surface area contributed by atoms with Gasteiger partial charge in [-0.15, -0.1) is 18.3 Å². The van der Waals surface area contributed by atoms with Gasteiger partial charge in [0.15, 0.2) is 0 Å². The molecule has 352 valence electrons. The number of non-ortho nitro benzene ring substituents is 1. The fourth-order valence-corrected chi connectivity index (χ4v) is 10.1. The number of benzene rings is 3. The van der Waals surface area contributed by atoms with Crippen LogP contribution in [0.25, 0.3) is 0 Å². The number of rotatable bonds is 27. The smallest absolute Gasteiger partial charge is 0.410 e. The van der Waals surface area contributed by atoms with Gasteiger partial charge in [0.25, 0.3) is 5.69 Å². The lowest BCUT2D eigenvalue weighted by atomic mass is 9.55. The van der Waals surface area contributed by atoms with Gasteiger partial charge in [0, 0.05) is 60.4 Å². The summed E-state index contributed by atoms with van der Waals surface area (Å²) in [6.07, 6.45) is 7.75. The second-order valence-corrected chi connectivity index (χ2v) is 17.4. The summed E-state index contributed by atoms with van der Waals surface area (Å²) in [5.74, 6) is -0.345. The van der Waals surface area contributed by atoms with E-state index in [0.29, 0.717) is 42.2 Å². The van der Waals surface area contributed by atoms with Gasteiger partial charge in [-0.2, -0.15) is 0 Å². The standard InChI is InChI=1S/C49H63N3O12S/c1-3-26-62-49-45(51(48(56)60-4-2)22-27-59-28-25-55)33-43(50-63-34-35-16-18-37(19-17-35)52(57)58)41-31-36(12-8-10-23-53)40(15-9-11-24-54)46(47(41)49)42-32-38(20-21-44(42)64-49)61-29-30-65-39-13-6-5-7-14-39/h3,5-7,13-14,16-21,31-32,36,40,45-47,53-55H,1,4,8-12,15,22-30,33-34H2,2H3. The number of hydrogen-bond acceptors (Lipinski definition) is 14. The van der Waals surface area contributed by atoms with E-state index in [1.54, 1.807) is 41.8 Å². The normalized spacial score (nSPS) is 22.5. The van der Waals surface area contributed by atoms with Crippen LogP contribution in [0.2, 0.25) is 0 Å². The van der Waals surface area contributed by atoms with Crippen LogP contribution >= 0.6 is 11.8 Å². The van der Waals surface area contributed by atoms with Crippen LogP contribution in [0.15, 0.2) is 107 Å². The average Bonchev–Trinajstić information content (AvgIpc) is 3.32. The molecule has 1 aliphatic heterocycles. The lowest BCUT2D eigenvalue weighted by molar-refractivity contribution is -0.384. The molecular weight excluding hydrogens is 855 g/mol. The molecule has 2 aliphatic carbocycles. The van der Waals surface area contributed by atoms with E-state index < -0.39 is 28.8 Å². The number of ether oxygens (including phenoxy) is 5. The molecule has 3 N–H and O–H groups in total. The van der Waals surface area contributed by atoms with Crippen molar-refractivity contribution >= 4 is 29.3 Å². The van der Waals surface area contributed by atoms with Crippen molar-refractivity contribution in [2.75, 3.05) is 65.2 Å². The summed E-state index contributed by atoms with van der Waals surface area (Å²) >= 11 is 1.71. The quantitative estimate of drug-likeness (QED) is 0.0219. The van der Waals surface area contributed by atoms with Gasteiger partial charge in [-0.3, -0.25) is 15.0 Å². The lowest BCUT2D eigenvalue weighted by Crippen LogP contribution is -2.70. The monoisotopic (exact) mass is 917 g/mol. The molecule has 3 aromatic carbocycles. The summed E-state index contributed by atoms with van der Waals surface area (Å²) in [7, 11) is 0. The van der Waals surface area contributed by atoms with E-state index in [1.807, 2.05) is 30.3 Å². The molecule has 1 heterocycles. The lowest BCUT2D eigenvalue weighted by Gasteiger charge is -2.59. The van der Waals surface area contributed by atoms with Gasteiger partial charge in [0.05, 0.1) is 56.2 Å². The number of hydrogen-bond donors (Lipinski definition) is 3. The van der Waals surface area contributed by atoms with Crippen molar-refractivity contribution in [1.82, 2.24) is 4.90 Å². The minimum Gasteiger partial charge on any atom is -0.493 e. The highest BCUT2D eigenvalue weighted by Gasteiger charge is 2.65. The number of fused-ring (bicyclic) bond motifs is 2. The molecule has 15 nitrogen and oxygen atoms in total. The Hall–Kier alpha value is -4.97. The van der Waals surface area contributed by atoms with E-state index in [1.165, 1.54) is 12.1 Å². The first-order chi connectivity index (χ1) is 31.8. The maximum absolute atomic E-state index is 14.2. The van der Waals surface area contributed by atoms with Gasteiger partial charge in [0.1, 0.15) is 24.1 Å². The molecule has 6 atom stereocenters. The highest BCUT2D eigenvalue weighted by atomic mass is 32.2. The Morgan fingerprint density at radius 1 is 1.00 bits per heavy atom. The number of aliphatic hydroxyl groups is 3. The third-order valence-corrected chi connectivity index (χ3v) is 13.1. The van der Waals surface area contributed by atoms with Crippen LogP contribution in [0, 0.1) is 27.9 Å². The Labute approximate surface area is 385 Å². The molecule has 6 rings (SSSR count). The highest BCUT2D eigenvalue weighted by Crippen LogP contribution is 2.62. The zero-order valence-corrected chi connectivity index (χ0v) is 38.0. The second-order valence-electron chi connectivity index (χ2n) is 16.2. The van der Waals surface area contributed by atoms with E-state index in [-0.39, 0.29) is 89.3 Å². The zero-order valence-electron chi connectivity index (χ0n) is 37.2. The molecule has 6 unspecified atom stereocenters. The summed E-state index contributed by atoms with van der Waals surface area (Å²) < 4.78 is 32.2. The first kappa shape index (κ1) is 49.5. The highest BCUT2D eigenvalue weighted by molar-refractivity contribution is 7.99. The van der Waals surface area contributed by atoms with E-state index in [4.69, 9.17) is 33.7 Å². The molecule has 0 bridgehead atoms. The number of carbonyl (C=O) groups excluding carboxylic acids is 1. The van der Waals surface area contributed by atoms with Crippen molar-refractivity contribution in [3.05, 3.63) is 118 Å². The zero-order chi connectivity index (χ0) is 46.0. The number of unbranched alkanes of at least 4 members (excludes halogenated alkanes) is 2. The number of nitro groups is 1. The Kier molecular flexibility index (Phi) is 19.1. The molecular formula is C49H63N3O12S. The minimum atomic E-state index is -1.52. The van der Waals surface area contributed by atoms with Crippen molar-refractivity contribution in [3.63, 3.8) is 0 Å². The molecule has 3 aromatic rings. The van der Waals surface area contributed by atoms with Crippen LogP contribution < -0.4 is 9.47 Å². The van der Waals surface area contributed by atoms with Crippen LogP contribution in [0.4, 0.5) is 10.5 Å². The maximum atomic E-state index is 14.2. The Balaban J connectivity index is 1.50. The van der Waals surface area contributed by atoms with E-state index >= 15 is 0 Å². The average molecular weight is 918 g/mol. The Morgan fingerprint density at radius 2 is 1.77 bits per heavy atom. The molecule has 0 aromatic heterocycles. The molecule has 1 saturated carbocycles. The van der Waals surface area contributed by atoms with Crippen LogP contribution in [0.1, 0.15) is 68.9 Å². The molecule has 3 aliphatic rings. The number of allylic oxidation sites excluding steroid dienone is 1. The van der Waals surface area contributed by atoms with Gasteiger partial charge in [-0.25, -0.2) is 4.79 Å². The predicted octanol–water partition coefficient (Wildman–Crippen LogP) is 8.07. The van der Waals surface area contributed by atoms with Crippen molar-refractivity contribution < 1.29 is 53.6 Å². The van der Waals surface area contributed by atoms with Crippen molar-refractivity contribution in [2.45, 2.75) is 81.1 Å². The Morgan fingerprint density at radius 3 is 2.48 bits per heavy atom. The van der Waals surface area contributed by atoms with E-state index in [2.05, 4.69) is 30.9 Å². The fraction of sp³-hybridized carbons (Fsp3) is 0.510. The summed E-state index contributed by atoms with van der Waals surface area (Å²) in [6, 6.07) is 21.3. The molecule has 16 heteroatoms.